The molecular formula is C37H50Cl2F2N8O. The van der Waals surface area contributed by atoms with E-state index in [4.69, 9.17) is 28.9 Å². The Morgan fingerprint density at radius 3 is 1.92 bits per heavy atom. The Kier molecular flexibility index (Phi) is 17.7. The van der Waals surface area contributed by atoms with Crippen LogP contribution in [0.2, 0.25) is 10.0 Å². The number of urea groups is 1. The number of pyridine rings is 2. The van der Waals surface area contributed by atoms with Gasteiger partial charge in [-0.3, -0.25) is 9.97 Å². The van der Waals surface area contributed by atoms with Crippen molar-refractivity contribution in [1.29, 1.82) is 0 Å². The van der Waals surface area contributed by atoms with E-state index in [1.807, 2.05) is 31.6 Å². The number of halogens is 4. The fourth-order valence-corrected chi connectivity index (χ4v) is 5.75. The highest BCUT2D eigenvalue weighted by atomic mass is 35.5. The Labute approximate surface area is 305 Å². The van der Waals surface area contributed by atoms with Crippen LogP contribution in [0.5, 0.6) is 0 Å². The van der Waals surface area contributed by atoms with Crippen LogP contribution in [0.3, 0.4) is 0 Å². The largest absolute Gasteiger partial charge is 0.399 e. The minimum absolute atomic E-state index is 0. The first-order valence-corrected chi connectivity index (χ1v) is 16.6. The Morgan fingerprint density at radius 1 is 0.760 bits per heavy atom. The van der Waals surface area contributed by atoms with E-state index in [0.29, 0.717) is 24.5 Å². The van der Waals surface area contributed by atoms with Crippen molar-refractivity contribution in [2.45, 2.75) is 41.5 Å². The zero-order valence-corrected chi connectivity index (χ0v) is 28.7. The number of aryl methyl sites for hydroxylation is 2. The molecule has 2 fully saturated rings. The van der Waals surface area contributed by atoms with Gasteiger partial charge in [0.05, 0.1) is 10.0 Å². The van der Waals surface area contributed by atoms with Crippen molar-refractivity contribution in [3.8, 4) is 0 Å². The first kappa shape index (κ1) is 42.0. The van der Waals surface area contributed by atoms with Gasteiger partial charge in [0.25, 0.3) is 0 Å². The summed E-state index contributed by atoms with van der Waals surface area (Å²) >= 11 is 11.1. The third-order valence-electron chi connectivity index (χ3n) is 7.90. The van der Waals surface area contributed by atoms with Gasteiger partial charge < -0.3 is 31.1 Å². The molecule has 4 heterocycles. The number of rotatable bonds is 3. The molecule has 4 aromatic rings. The zero-order chi connectivity index (χ0) is 34.5. The number of aromatic nitrogens is 2. The summed E-state index contributed by atoms with van der Waals surface area (Å²) in [7, 11) is 0. The van der Waals surface area contributed by atoms with Gasteiger partial charge in [0.1, 0.15) is 11.6 Å². The predicted octanol–water partition coefficient (Wildman–Crippen LogP) is 8.45. The van der Waals surface area contributed by atoms with Gasteiger partial charge >= 0.3 is 6.03 Å². The highest BCUT2D eigenvalue weighted by Crippen LogP contribution is 2.22. The highest BCUT2D eigenvalue weighted by molar-refractivity contribution is 6.31. The van der Waals surface area contributed by atoms with E-state index < -0.39 is 11.6 Å². The summed E-state index contributed by atoms with van der Waals surface area (Å²) in [5.41, 5.74) is 11.1. The van der Waals surface area contributed by atoms with Crippen LogP contribution in [0.4, 0.5) is 36.3 Å². The number of benzene rings is 2. The number of hydrogen-bond acceptors (Lipinski definition) is 7. The number of carbonyl (C=O) groups excluding carboxylic acids is 1. The van der Waals surface area contributed by atoms with Crippen molar-refractivity contribution in [2.24, 2.45) is 0 Å². The summed E-state index contributed by atoms with van der Waals surface area (Å²) in [6.07, 6.45) is 9.55. The molecule has 0 aliphatic carbocycles. The fourth-order valence-electron chi connectivity index (χ4n) is 5.38. The number of anilines is 4. The summed E-state index contributed by atoms with van der Waals surface area (Å²) in [6, 6.07) is 12.1. The van der Waals surface area contributed by atoms with Gasteiger partial charge in [-0.1, -0.05) is 38.1 Å². The lowest BCUT2D eigenvalue weighted by atomic mass is 10.2. The van der Waals surface area contributed by atoms with Gasteiger partial charge in [0, 0.05) is 93.4 Å². The van der Waals surface area contributed by atoms with E-state index in [2.05, 4.69) is 43.4 Å². The van der Waals surface area contributed by atoms with E-state index in [1.54, 1.807) is 11.1 Å². The molecule has 2 aliphatic rings. The van der Waals surface area contributed by atoms with Crippen molar-refractivity contribution in [3.63, 3.8) is 0 Å². The summed E-state index contributed by atoms with van der Waals surface area (Å²) in [5, 5.41) is 6.25. The number of carbonyl (C=O) groups is 1. The van der Waals surface area contributed by atoms with E-state index in [-0.39, 0.29) is 30.9 Å². The van der Waals surface area contributed by atoms with Gasteiger partial charge in [-0.15, -0.1) is 0 Å². The maximum Gasteiger partial charge on any atom is 0.321 e. The Morgan fingerprint density at radius 2 is 1.34 bits per heavy atom. The number of nitrogens with one attached hydrogen (secondary N) is 2. The lowest BCUT2D eigenvalue weighted by molar-refractivity contribution is 0.215. The molecule has 0 saturated carbocycles. The van der Waals surface area contributed by atoms with Crippen LogP contribution in [0.15, 0.2) is 73.3 Å². The average molecular weight is 732 g/mol. The van der Waals surface area contributed by atoms with Gasteiger partial charge in [-0.25, -0.2) is 13.6 Å². The van der Waals surface area contributed by atoms with Crippen LogP contribution in [0.25, 0.3) is 0 Å². The van der Waals surface area contributed by atoms with Crippen molar-refractivity contribution >= 4 is 52.0 Å². The number of nitrogens with zero attached hydrogens (tertiary/aromatic N) is 5. The second kappa shape index (κ2) is 21.1. The molecule has 0 unspecified atom stereocenters. The minimum Gasteiger partial charge on any atom is -0.399 e. The van der Waals surface area contributed by atoms with Gasteiger partial charge in [0.2, 0.25) is 0 Å². The van der Waals surface area contributed by atoms with Crippen LogP contribution in [0.1, 0.15) is 38.8 Å². The lowest BCUT2D eigenvalue weighted by Gasteiger charge is -2.25. The molecule has 0 bridgehead atoms. The van der Waals surface area contributed by atoms with Crippen molar-refractivity contribution in [2.75, 3.05) is 73.2 Å². The van der Waals surface area contributed by atoms with Crippen molar-refractivity contribution in [1.82, 2.24) is 20.2 Å². The molecule has 13 heteroatoms. The van der Waals surface area contributed by atoms with E-state index >= 15 is 0 Å². The Bertz CT molecular complexity index is 1640. The fraction of sp³-hybridized carbons (Fsp3) is 0.378. The molecule has 0 atom stereocenters. The molecule has 9 nitrogen and oxygen atoms in total. The third-order valence-corrected chi connectivity index (χ3v) is 8.48. The van der Waals surface area contributed by atoms with Crippen molar-refractivity contribution < 1.29 is 13.6 Å². The number of nitrogen functional groups attached to an aromatic ring is 1. The SMILES string of the molecule is C.C.Cc1cnccc1N1CCCN(C(=O)Nc2ccc(F)c(Cl)c2)CC1.Cc1cnccc1N1CCCNCC1.Nc1ccc(F)c(Cl)c1. The number of amides is 2. The van der Waals surface area contributed by atoms with Gasteiger partial charge in [0.15, 0.2) is 0 Å². The molecule has 2 aliphatic heterocycles. The second-order valence-corrected chi connectivity index (χ2v) is 12.3. The summed E-state index contributed by atoms with van der Waals surface area (Å²) in [6.45, 7) is 11.6. The summed E-state index contributed by atoms with van der Waals surface area (Å²) in [5.74, 6) is -0.941. The summed E-state index contributed by atoms with van der Waals surface area (Å²) in [4.78, 5) is 27.2. The third kappa shape index (κ3) is 12.6. The van der Waals surface area contributed by atoms with E-state index in [9.17, 15) is 13.6 Å². The van der Waals surface area contributed by atoms with E-state index in [0.717, 1.165) is 56.9 Å². The number of nitrogens with two attached hydrogens (primary N) is 1. The summed E-state index contributed by atoms with van der Waals surface area (Å²) < 4.78 is 25.5. The van der Waals surface area contributed by atoms with Crippen LogP contribution in [0, 0.1) is 25.5 Å². The molecule has 2 aromatic heterocycles. The van der Waals surface area contributed by atoms with Crippen LogP contribution in [-0.2, 0) is 0 Å². The highest BCUT2D eigenvalue weighted by Gasteiger charge is 2.20. The lowest BCUT2D eigenvalue weighted by Crippen LogP contribution is -2.38. The van der Waals surface area contributed by atoms with Crippen molar-refractivity contribution in [3.05, 3.63) is 106 Å². The molecular weight excluding hydrogens is 681 g/mol. The maximum absolute atomic E-state index is 13.2. The quantitative estimate of drug-likeness (QED) is 0.182. The molecule has 0 spiro atoms. The van der Waals surface area contributed by atoms with E-state index in [1.165, 1.54) is 54.1 Å². The molecule has 2 saturated heterocycles. The smallest absolute Gasteiger partial charge is 0.321 e. The predicted molar refractivity (Wildman–Crippen MR) is 206 cm³/mol. The zero-order valence-electron chi connectivity index (χ0n) is 27.2. The van der Waals surface area contributed by atoms with Gasteiger partial charge in [-0.2, -0.15) is 0 Å². The van der Waals surface area contributed by atoms with Gasteiger partial charge in [-0.05, 0) is 92.9 Å². The normalized spacial score (nSPS) is 14.2. The molecule has 272 valence electrons. The monoisotopic (exact) mass is 730 g/mol. The van der Waals surface area contributed by atoms with Crippen LogP contribution >= 0.6 is 23.2 Å². The first-order valence-electron chi connectivity index (χ1n) is 15.9. The maximum atomic E-state index is 13.2. The Hall–Kier alpha value is -4.19. The Balaban J connectivity index is 0.000000292. The molecule has 6 rings (SSSR count). The topological polar surface area (TPSA) is 103 Å². The average Bonchev–Trinajstić information content (AvgIpc) is 3.50. The molecule has 2 amide bonds. The molecule has 50 heavy (non-hydrogen) atoms. The number of hydrogen-bond donors (Lipinski definition) is 3. The first-order chi connectivity index (χ1) is 23.1. The van der Waals surface area contributed by atoms with Crippen LogP contribution < -0.4 is 26.2 Å². The molecule has 2 aromatic carbocycles. The molecule has 4 N–H and O–H groups in total. The minimum atomic E-state index is -0.502. The standard InChI is InChI=1S/C18H20ClFN4O.C11H17N3.C6H5ClFN.2CH4/c1-13-12-21-6-5-17(13)23-7-2-8-24(10-9-23)18(25)22-14-3-4-16(20)15(19)11-14;1-10-9-13-5-3-11(10)14-7-2-4-12-6-8-14;7-5-3-4(9)1-2-6(5)8;;/h3-6,11-12H,2,7-10H2,1H3,(H,22,25);3,5,9,12H,2,4,6-8H2,1H3;1-3H,9H2;2*1H4. The molecule has 0 radical (unpaired) electrons. The second-order valence-electron chi connectivity index (χ2n) is 11.5. The van der Waals surface area contributed by atoms with Crippen LogP contribution in [-0.4, -0.2) is 73.3 Å².